The summed E-state index contributed by atoms with van der Waals surface area (Å²) in [6, 6.07) is 6.35. The number of aromatic nitrogens is 1. The monoisotopic (exact) mass is 276 g/mol. The average Bonchev–Trinajstić information content (AvgIpc) is 2.71. The van der Waals surface area contributed by atoms with Gasteiger partial charge in [-0.15, -0.1) is 11.3 Å². The first-order chi connectivity index (χ1) is 9.01. The summed E-state index contributed by atoms with van der Waals surface area (Å²) in [6.07, 6.45) is 0. The first-order valence-electron chi connectivity index (χ1n) is 6.36. The van der Waals surface area contributed by atoms with E-state index < -0.39 is 0 Å². The summed E-state index contributed by atoms with van der Waals surface area (Å²) in [5.74, 6) is 0.889. The molecule has 0 saturated carbocycles. The molecule has 2 aromatic rings. The lowest BCUT2D eigenvalue weighted by atomic mass is 10.1. The minimum absolute atomic E-state index is 0.262. The quantitative estimate of drug-likeness (QED) is 0.906. The van der Waals surface area contributed by atoms with Crippen molar-refractivity contribution in [2.45, 2.75) is 33.7 Å². The Bertz CT molecular complexity index is 578. The molecule has 0 bridgehead atoms. The lowest BCUT2D eigenvalue weighted by Gasteiger charge is -2.17. The molecule has 4 heteroatoms. The van der Waals surface area contributed by atoms with Crippen LogP contribution in [0, 0.1) is 20.8 Å². The van der Waals surface area contributed by atoms with Gasteiger partial charge in [-0.2, -0.15) is 0 Å². The third-order valence-corrected chi connectivity index (χ3v) is 4.39. The van der Waals surface area contributed by atoms with Gasteiger partial charge in [0, 0.05) is 10.6 Å². The number of rotatable bonds is 4. The van der Waals surface area contributed by atoms with Crippen molar-refractivity contribution in [2.24, 2.45) is 0 Å². The number of hydrogen-bond donors (Lipinski definition) is 1. The van der Waals surface area contributed by atoms with Crippen molar-refractivity contribution < 1.29 is 4.74 Å². The van der Waals surface area contributed by atoms with E-state index in [4.69, 9.17) is 4.74 Å². The molecule has 102 valence electrons. The molecule has 0 radical (unpaired) electrons. The summed E-state index contributed by atoms with van der Waals surface area (Å²) in [6.45, 7) is 8.37. The van der Waals surface area contributed by atoms with Gasteiger partial charge in [0.1, 0.15) is 5.75 Å². The number of nitrogens with one attached hydrogen (secondary N) is 1. The van der Waals surface area contributed by atoms with Gasteiger partial charge in [0.25, 0.3) is 0 Å². The molecule has 19 heavy (non-hydrogen) atoms. The van der Waals surface area contributed by atoms with E-state index in [1.165, 1.54) is 10.4 Å². The Kier molecular flexibility index (Phi) is 4.10. The molecule has 0 aliphatic heterocycles. The maximum absolute atomic E-state index is 5.23. The summed E-state index contributed by atoms with van der Waals surface area (Å²) in [5, 5.41) is 4.66. The van der Waals surface area contributed by atoms with Crippen molar-refractivity contribution in [3.05, 3.63) is 39.3 Å². The molecule has 0 spiro atoms. The van der Waals surface area contributed by atoms with Gasteiger partial charge in [-0.25, -0.2) is 4.98 Å². The van der Waals surface area contributed by atoms with Gasteiger partial charge in [0.15, 0.2) is 0 Å². The van der Waals surface area contributed by atoms with Crippen molar-refractivity contribution >= 4 is 17.0 Å². The fourth-order valence-electron chi connectivity index (χ4n) is 2.17. The minimum atomic E-state index is 0.262. The third kappa shape index (κ3) is 3.07. The fourth-order valence-corrected chi connectivity index (χ4v) is 3.10. The van der Waals surface area contributed by atoms with Gasteiger partial charge in [0.05, 0.1) is 23.9 Å². The van der Waals surface area contributed by atoms with Crippen LogP contribution in [0.2, 0.25) is 0 Å². The Morgan fingerprint density at radius 2 is 2.00 bits per heavy atom. The highest BCUT2D eigenvalue weighted by Crippen LogP contribution is 2.29. The molecule has 0 fully saturated rings. The van der Waals surface area contributed by atoms with Crippen LogP contribution in [0.5, 0.6) is 5.75 Å². The van der Waals surface area contributed by atoms with Gasteiger partial charge in [-0.05, 0) is 51.5 Å². The smallest absolute Gasteiger partial charge is 0.119 e. The molecule has 0 amide bonds. The number of hydrogen-bond acceptors (Lipinski definition) is 4. The van der Waals surface area contributed by atoms with Crippen LogP contribution in [0.4, 0.5) is 5.69 Å². The van der Waals surface area contributed by atoms with E-state index in [-0.39, 0.29) is 6.04 Å². The molecule has 1 heterocycles. The topological polar surface area (TPSA) is 34.1 Å². The molecule has 1 aromatic carbocycles. The number of anilines is 1. The number of ether oxygens (including phenoxy) is 1. The fraction of sp³-hybridized carbons (Fsp3) is 0.400. The van der Waals surface area contributed by atoms with Gasteiger partial charge >= 0.3 is 0 Å². The zero-order chi connectivity index (χ0) is 14.0. The number of aryl methyl sites for hydroxylation is 3. The van der Waals surface area contributed by atoms with Crippen molar-refractivity contribution in [1.82, 2.24) is 4.98 Å². The maximum Gasteiger partial charge on any atom is 0.119 e. The molecule has 0 aliphatic rings. The van der Waals surface area contributed by atoms with E-state index in [0.29, 0.717) is 0 Å². The summed E-state index contributed by atoms with van der Waals surface area (Å²) < 4.78 is 5.23. The van der Waals surface area contributed by atoms with Crippen LogP contribution < -0.4 is 10.1 Å². The zero-order valence-electron chi connectivity index (χ0n) is 12.1. The predicted molar refractivity (Wildman–Crippen MR) is 81.4 cm³/mol. The Labute approximate surface area is 118 Å². The van der Waals surface area contributed by atoms with Gasteiger partial charge in [0.2, 0.25) is 0 Å². The molecular formula is C15H20N2OS. The van der Waals surface area contributed by atoms with E-state index in [1.807, 2.05) is 19.1 Å². The normalized spacial score (nSPS) is 12.3. The van der Waals surface area contributed by atoms with Gasteiger partial charge in [-0.1, -0.05) is 0 Å². The number of nitrogens with zero attached hydrogens (tertiary/aromatic N) is 1. The summed E-state index contributed by atoms with van der Waals surface area (Å²) >= 11 is 1.76. The van der Waals surface area contributed by atoms with Crippen LogP contribution in [0.25, 0.3) is 0 Å². The number of benzene rings is 1. The van der Waals surface area contributed by atoms with E-state index in [9.17, 15) is 0 Å². The Hall–Kier alpha value is -1.55. The second-order valence-electron chi connectivity index (χ2n) is 4.73. The molecule has 3 nitrogen and oxygen atoms in total. The van der Waals surface area contributed by atoms with Crippen molar-refractivity contribution in [3.63, 3.8) is 0 Å². The second kappa shape index (κ2) is 5.61. The first kappa shape index (κ1) is 13.9. The van der Waals surface area contributed by atoms with Crippen LogP contribution in [0.1, 0.15) is 34.1 Å². The second-order valence-corrected chi connectivity index (χ2v) is 5.96. The minimum Gasteiger partial charge on any atom is -0.497 e. The van der Waals surface area contributed by atoms with Gasteiger partial charge < -0.3 is 10.1 Å². The molecule has 1 atom stereocenters. The summed E-state index contributed by atoms with van der Waals surface area (Å²) in [4.78, 5) is 5.78. The number of thiazole rings is 1. The summed E-state index contributed by atoms with van der Waals surface area (Å²) in [5.41, 5.74) is 3.44. The zero-order valence-corrected chi connectivity index (χ0v) is 12.9. The Morgan fingerprint density at radius 3 is 2.53 bits per heavy atom. The molecule has 0 saturated heterocycles. The Morgan fingerprint density at radius 1 is 1.26 bits per heavy atom. The molecule has 1 N–H and O–H groups in total. The highest BCUT2D eigenvalue weighted by molar-refractivity contribution is 7.11. The molecule has 2 rings (SSSR count). The number of methoxy groups -OCH3 is 1. The molecular weight excluding hydrogens is 256 g/mol. The Balaban J connectivity index is 2.19. The predicted octanol–water partition coefficient (Wildman–Crippen LogP) is 4.25. The average molecular weight is 276 g/mol. The van der Waals surface area contributed by atoms with Crippen LogP contribution in [0.3, 0.4) is 0 Å². The molecule has 0 aliphatic carbocycles. The van der Waals surface area contributed by atoms with Crippen molar-refractivity contribution in [2.75, 3.05) is 12.4 Å². The summed E-state index contributed by atoms with van der Waals surface area (Å²) in [7, 11) is 1.69. The lowest BCUT2D eigenvalue weighted by molar-refractivity contribution is 0.414. The molecule has 1 unspecified atom stereocenters. The molecule has 1 aromatic heterocycles. The highest BCUT2D eigenvalue weighted by atomic mass is 32.1. The van der Waals surface area contributed by atoms with Crippen LogP contribution >= 0.6 is 11.3 Å². The standard InChI is InChI=1S/C15H20N2OS/c1-9-8-13(18-5)6-7-14(9)17-11(3)15-10(2)16-12(4)19-15/h6-8,11,17H,1-5H3. The lowest BCUT2D eigenvalue weighted by Crippen LogP contribution is -2.07. The van der Waals surface area contributed by atoms with Crippen LogP contribution in [-0.4, -0.2) is 12.1 Å². The van der Waals surface area contributed by atoms with Crippen molar-refractivity contribution in [3.8, 4) is 5.75 Å². The SMILES string of the molecule is COc1ccc(NC(C)c2sc(C)nc2C)c(C)c1. The van der Waals surface area contributed by atoms with Crippen LogP contribution in [0.15, 0.2) is 18.2 Å². The highest BCUT2D eigenvalue weighted by Gasteiger charge is 2.13. The van der Waals surface area contributed by atoms with E-state index in [0.717, 1.165) is 22.1 Å². The van der Waals surface area contributed by atoms with Crippen LogP contribution in [-0.2, 0) is 0 Å². The van der Waals surface area contributed by atoms with Gasteiger partial charge in [-0.3, -0.25) is 0 Å². The van der Waals surface area contributed by atoms with E-state index in [2.05, 4.69) is 37.1 Å². The van der Waals surface area contributed by atoms with E-state index >= 15 is 0 Å². The van der Waals surface area contributed by atoms with Crippen molar-refractivity contribution in [1.29, 1.82) is 0 Å². The first-order valence-corrected chi connectivity index (χ1v) is 7.18. The largest absolute Gasteiger partial charge is 0.497 e. The third-order valence-electron chi connectivity index (χ3n) is 3.14. The van der Waals surface area contributed by atoms with E-state index in [1.54, 1.807) is 18.4 Å². The maximum atomic E-state index is 5.23.